The zero-order chi connectivity index (χ0) is 15.6. The molecule has 114 valence electrons. The molecule has 0 amide bonds. The van der Waals surface area contributed by atoms with Crippen LogP contribution in [0.5, 0.6) is 0 Å². The molecule has 0 saturated heterocycles. The summed E-state index contributed by atoms with van der Waals surface area (Å²) in [7, 11) is -8.14. The van der Waals surface area contributed by atoms with Crippen LogP contribution in [0.15, 0.2) is 30.3 Å². The van der Waals surface area contributed by atoms with Crippen molar-refractivity contribution in [1.82, 2.24) is 0 Å². The van der Waals surface area contributed by atoms with Crippen molar-refractivity contribution in [3.63, 3.8) is 0 Å². The van der Waals surface area contributed by atoms with Crippen molar-refractivity contribution >= 4 is 38.5 Å². The Balaban J connectivity index is 3.15. The maximum Gasteiger partial charge on any atom is 0.311 e. The predicted octanol–water partition coefficient (Wildman–Crippen LogP) is 2.46. The van der Waals surface area contributed by atoms with E-state index in [0.29, 0.717) is 0 Å². The summed E-state index contributed by atoms with van der Waals surface area (Å²) < 4.78 is 12.7. The van der Waals surface area contributed by atoms with Gasteiger partial charge in [-0.3, -0.25) is 0 Å². The Hall–Kier alpha value is -0.0325. The van der Waals surface area contributed by atoms with Gasteiger partial charge in [-0.2, -0.15) is 0 Å². The summed E-state index contributed by atoms with van der Waals surface area (Å²) in [6, 6.07) is 10.2. The van der Waals surface area contributed by atoms with Crippen molar-refractivity contribution in [2.45, 2.75) is 45.8 Å². The average Bonchev–Trinajstić information content (AvgIpc) is 2.26. The summed E-state index contributed by atoms with van der Waals surface area (Å²) in [6.45, 7) is 14.7. The second-order valence-electron chi connectivity index (χ2n) is 6.63. The third-order valence-corrected chi connectivity index (χ3v) is 23.8. The Kier molecular flexibility index (Phi) is 5.75. The maximum absolute atomic E-state index is 10.8. The van der Waals surface area contributed by atoms with Gasteiger partial charge in [-0.25, -0.2) is 0 Å². The van der Waals surface area contributed by atoms with Crippen LogP contribution in [-0.4, -0.2) is 38.1 Å². The van der Waals surface area contributed by atoms with Crippen molar-refractivity contribution in [1.29, 1.82) is 0 Å². The van der Waals surface area contributed by atoms with Gasteiger partial charge in [0.1, 0.15) is 0 Å². The number of hydrogen-bond acceptors (Lipinski definition) is 3. The first-order chi connectivity index (χ1) is 8.98. The lowest BCUT2D eigenvalue weighted by atomic mass is 10.4. The molecule has 0 aliphatic heterocycles. The molecule has 0 aliphatic rings. The van der Waals surface area contributed by atoms with Crippen LogP contribution in [0.4, 0.5) is 0 Å². The minimum Gasteiger partial charge on any atom is -0.440 e. The molecule has 1 N–H and O–H groups in total. The van der Waals surface area contributed by atoms with Crippen LogP contribution in [0, 0.1) is 0 Å². The molecular weight excluding hydrogens is 316 g/mol. The first kappa shape index (κ1) is 18.0. The highest BCUT2D eigenvalue weighted by Crippen LogP contribution is 2.24. The van der Waals surface area contributed by atoms with Crippen LogP contribution >= 0.6 is 0 Å². The summed E-state index contributed by atoms with van der Waals surface area (Å²) in [5.74, 6) is 0. The second-order valence-corrected chi connectivity index (χ2v) is 25.6. The molecule has 0 spiro atoms. The van der Waals surface area contributed by atoms with Crippen molar-refractivity contribution in [2.24, 2.45) is 0 Å². The molecule has 0 aromatic heterocycles. The van der Waals surface area contributed by atoms with Gasteiger partial charge >= 0.3 is 8.56 Å². The lowest BCUT2D eigenvalue weighted by Crippen LogP contribution is -2.71. The van der Waals surface area contributed by atoms with Gasteiger partial charge in [0, 0.05) is 0 Å². The Bertz CT molecular complexity index is 431. The molecule has 20 heavy (non-hydrogen) atoms. The molecule has 1 atom stereocenters. The Morgan fingerprint density at radius 2 is 1.45 bits per heavy atom. The summed E-state index contributed by atoms with van der Waals surface area (Å²) in [4.78, 5) is 10.8. The van der Waals surface area contributed by atoms with Crippen molar-refractivity contribution in [3.8, 4) is 0 Å². The van der Waals surface area contributed by atoms with Crippen LogP contribution in [0.3, 0.4) is 0 Å². The molecule has 1 rings (SSSR count). The quantitative estimate of drug-likeness (QED) is 0.806. The predicted molar refractivity (Wildman–Crippen MR) is 95.9 cm³/mol. The third-order valence-electron chi connectivity index (χ3n) is 3.46. The molecule has 0 heterocycles. The molecule has 1 aromatic rings. The van der Waals surface area contributed by atoms with Gasteiger partial charge in [0.05, 0.1) is 0 Å². The first-order valence-electron chi connectivity index (χ1n) is 7.14. The highest BCUT2D eigenvalue weighted by atomic mass is 29.3. The molecule has 0 aliphatic carbocycles. The average molecular weight is 345 g/mol. The standard InChI is InChI=1S/C13H28O3Si4/c1-17(2)15-19(5,6)16-20(7,18(3,4)14)13-11-9-8-10-12-13/h8-12,14,17H,1-7H3. The van der Waals surface area contributed by atoms with Crippen molar-refractivity contribution < 1.29 is 13.0 Å². The third kappa shape index (κ3) is 4.48. The van der Waals surface area contributed by atoms with Gasteiger partial charge in [0.15, 0.2) is 9.04 Å². The van der Waals surface area contributed by atoms with Crippen molar-refractivity contribution in [3.05, 3.63) is 30.3 Å². The van der Waals surface area contributed by atoms with E-state index in [2.05, 4.69) is 44.9 Å². The van der Waals surface area contributed by atoms with Crippen LogP contribution in [0.2, 0.25) is 45.8 Å². The molecule has 0 fully saturated rings. The Morgan fingerprint density at radius 3 is 1.85 bits per heavy atom. The van der Waals surface area contributed by atoms with Crippen LogP contribution in [-0.2, 0) is 8.23 Å². The number of rotatable bonds is 6. The lowest BCUT2D eigenvalue weighted by Gasteiger charge is -2.42. The number of benzene rings is 1. The second kappa shape index (κ2) is 6.39. The smallest absolute Gasteiger partial charge is 0.311 e. The van der Waals surface area contributed by atoms with Gasteiger partial charge in [-0.1, -0.05) is 30.3 Å². The van der Waals surface area contributed by atoms with Crippen LogP contribution < -0.4 is 5.19 Å². The van der Waals surface area contributed by atoms with E-state index in [-0.39, 0.29) is 0 Å². The molecule has 1 unspecified atom stereocenters. The first-order valence-corrected chi connectivity index (χ1v) is 19.1. The monoisotopic (exact) mass is 344 g/mol. The SMILES string of the molecule is C[SiH](C)O[Si](C)(C)O[Si](C)(c1ccccc1)[Si](C)(C)O. The van der Waals surface area contributed by atoms with Crippen LogP contribution in [0.1, 0.15) is 0 Å². The zero-order valence-electron chi connectivity index (χ0n) is 13.7. The van der Waals surface area contributed by atoms with Gasteiger partial charge in [-0.05, 0) is 51.0 Å². The molecule has 1 aromatic carbocycles. The van der Waals surface area contributed by atoms with E-state index in [1.807, 2.05) is 31.3 Å². The van der Waals surface area contributed by atoms with E-state index in [9.17, 15) is 4.80 Å². The van der Waals surface area contributed by atoms with E-state index in [0.717, 1.165) is 0 Å². The van der Waals surface area contributed by atoms with E-state index in [4.69, 9.17) is 8.23 Å². The van der Waals surface area contributed by atoms with Crippen LogP contribution in [0.25, 0.3) is 0 Å². The molecular formula is C13H28O3Si4. The minimum absolute atomic E-state index is 1.14. The van der Waals surface area contributed by atoms with E-state index < -0.39 is 33.3 Å². The number of hydrogen-bond donors (Lipinski definition) is 1. The molecule has 7 heteroatoms. The maximum atomic E-state index is 10.8. The highest BCUT2D eigenvalue weighted by molar-refractivity contribution is 7.41. The Morgan fingerprint density at radius 1 is 0.950 bits per heavy atom. The minimum atomic E-state index is -2.43. The molecule has 3 nitrogen and oxygen atoms in total. The lowest BCUT2D eigenvalue weighted by molar-refractivity contribution is 0.406. The van der Waals surface area contributed by atoms with Crippen molar-refractivity contribution in [2.75, 3.05) is 0 Å². The summed E-state index contributed by atoms with van der Waals surface area (Å²) in [5, 5.41) is 1.17. The topological polar surface area (TPSA) is 38.7 Å². The van der Waals surface area contributed by atoms with E-state index in [1.165, 1.54) is 5.19 Å². The molecule has 0 bridgehead atoms. The normalized spacial score (nSPS) is 16.2. The zero-order valence-corrected chi connectivity index (χ0v) is 17.9. The van der Waals surface area contributed by atoms with Gasteiger partial charge in [-0.15, -0.1) is 0 Å². The summed E-state index contributed by atoms with van der Waals surface area (Å²) in [6.07, 6.45) is 0. The fourth-order valence-corrected chi connectivity index (χ4v) is 21.6. The van der Waals surface area contributed by atoms with Gasteiger partial charge < -0.3 is 13.0 Å². The fourth-order valence-electron chi connectivity index (χ4n) is 2.38. The molecule has 0 radical (unpaired) electrons. The Labute approximate surface area is 128 Å². The van der Waals surface area contributed by atoms with Gasteiger partial charge in [0.25, 0.3) is 0 Å². The summed E-state index contributed by atoms with van der Waals surface area (Å²) in [5.41, 5.74) is 0. The largest absolute Gasteiger partial charge is 0.440 e. The van der Waals surface area contributed by atoms with E-state index in [1.54, 1.807) is 0 Å². The van der Waals surface area contributed by atoms with Gasteiger partial charge in [0.2, 0.25) is 15.7 Å². The summed E-state index contributed by atoms with van der Waals surface area (Å²) >= 11 is 0. The van der Waals surface area contributed by atoms with E-state index >= 15 is 0 Å². The molecule has 0 saturated carbocycles. The highest BCUT2D eigenvalue weighted by Gasteiger charge is 2.52. The fraction of sp³-hybridized carbons (Fsp3) is 0.538.